The second-order valence-electron chi connectivity index (χ2n) is 14.5. The molecule has 0 atom stereocenters. The Morgan fingerprint density at radius 3 is 1.17 bits per heavy atom. The molecule has 0 aliphatic carbocycles. The van der Waals surface area contributed by atoms with E-state index in [2.05, 4.69) is 21.3 Å². The summed E-state index contributed by atoms with van der Waals surface area (Å²) in [7, 11) is 0. The first-order valence-corrected chi connectivity index (χ1v) is 20.2. The van der Waals surface area contributed by atoms with Gasteiger partial charge in [0.25, 0.3) is 23.6 Å². The standard InChI is InChI=1S/2C23H20N4O8/c24-20-12(8-10-2-4-14(28)16(30)18(10)34-20)22(32)26-6-1-7-27-23(33)13-9-11-3-5-15(29)17(31)19(11)35-21(13)25;24-10-14(8-12-2-4-16(28)20(32)18(12)30)22(34)26-6-1-7-27-23(35)15(11-25)9-13-3-5-17(29)21(33)19(13)31/h2-5,8-9,24-25,28-31H,1,6-7H2,(H,26,32)(H,27,33);2-5,8-9,28-33H,1,6-7H2,(H,26,34)(H,27,35)/b;14-8+,15-9+. The Morgan fingerprint density at radius 1 is 0.486 bits per heavy atom. The van der Waals surface area contributed by atoms with Gasteiger partial charge in [0.15, 0.2) is 45.7 Å². The van der Waals surface area contributed by atoms with Gasteiger partial charge in [-0.05, 0) is 85.7 Å². The lowest BCUT2D eigenvalue weighted by Crippen LogP contribution is -2.33. The molecule has 2 heterocycles. The molecule has 0 saturated carbocycles. The Morgan fingerprint density at radius 2 is 0.814 bits per heavy atom. The van der Waals surface area contributed by atoms with Crippen molar-refractivity contribution in [2.75, 3.05) is 26.2 Å². The molecule has 2 aromatic heterocycles. The van der Waals surface area contributed by atoms with Gasteiger partial charge in [-0.25, -0.2) is 0 Å². The zero-order valence-electron chi connectivity index (χ0n) is 36.0. The van der Waals surface area contributed by atoms with Gasteiger partial charge in [0, 0.05) is 48.1 Å². The summed E-state index contributed by atoms with van der Waals surface area (Å²) in [6, 6.07) is 15.9. The average Bonchev–Trinajstić information content (AvgIpc) is 3.34. The molecule has 70 heavy (non-hydrogen) atoms. The number of nitriles is 2. The van der Waals surface area contributed by atoms with Crippen molar-refractivity contribution in [1.82, 2.24) is 21.3 Å². The number of hydrogen-bond donors (Lipinski definition) is 16. The van der Waals surface area contributed by atoms with E-state index in [1.54, 1.807) is 12.1 Å². The molecule has 4 aromatic carbocycles. The van der Waals surface area contributed by atoms with E-state index in [1.165, 1.54) is 48.5 Å². The number of nitrogens with zero attached hydrogens (tertiary/aromatic N) is 2. The van der Waals surface area contributed by atoms with E-state index >= 15 is 0 Å². The van der Waals surface area contributed by atoms with Gasteiger partial charge >= 0.3 is 0 Å². The molecule has 0 radical (unpaired) electrons. The minimum absolute atomic E-state index is 0.0309. The van der Waals surface area contributed by atoms with Gasteiger partial charge in [-0.3, -0.25) is 30.0 Å². The highest BCUT2D eigenvalue weighted by Crippen LogP contribution is 2.39. The molecule has 24 nitrogen and oxygen atoms in total. The molecule has 6 aromatic rings. The van der Waals surface area contributed by atoms with E-state index < -0.39 is 92.2 Å². The number of carbonyl (C=O) groups excluding carboxylic acids is 4. The van der Waals surface area contributed by atoms with Gasteiger partial charge in [-0.2, -0.15) is 10.5 Å². The average molecular weight is 961 g/mol. The first-order valence-electron chi connectivity index (χ1n) is 20.2. The summed E-state index contributed by atoms with van der Waals surface area (Å²) in [6.07, 6.45) is 2.58. The summed E-state index contributed by atoms with van der Waals surface area (Å²) in [5, 5.41) is 141. The number of hydrogen-bond acceptors (Lipinski definition) is 20. The Labute approximate surface area is 392 Å². The summed E-state index contributed by atoms with van der Waals surface area (Å²) >= 11 is 0. The van der Waals surface area contributed by atoms with Crippen LogP contribution in [-0.2, 0) is 9.59 Å². The van der Waals surface area contributed by atoms with Gasteiger partial charge in [0.05, 0.1) is 0 Å². The summed E-state index contributed by atoms with van der Waals surface area (Å²) in [5.41, 5.74) is -2.27. The number of benzene rings is 4. The van der Waals surface area contributed by atoms with Crippen LogP contribution in [0.5, 0.6) is 57.5 Å². The minimum Gasteiger partial charge on any atom is -0.504 e. The van der Waals surface area contributed by atoms with Crippen LogP contribution in [0.1, 0.15) is 44.7 Å². The van der Waals surface area contributed by atoms with Crippen LogP contribution in [0.2, 0.25) is 0 Å². The second kappa shape index (κ2) is 22.2. The number of carbonyl (C=O) groups is 4. The summed E-state index contributed by atoms with van der Waals surface area (Å²) in [5.74, 6) is -8.77. The maximum absolute atomic E-state index is 12.4. The van der Waals surface area contributed by atoms with Crippen LogP contribution < -0.4 is 32.4 Å². The van der Waals surface area contributed by atoms with Gasteiger partial charge < -0.3 is 81.2 Å². The Bertz CT molecular complexity index is 3130. The van der Waals surface area contributed by atoms with E-state index in [-0.39, 0.29) is 77.2 Å². The third kappa shape index (κ3) is 11.7. The van der Waals surface area contributed by atoms with Gasteiger partial charge in [-0.1, -0.05) is 0 Å². The first-order chi connectivity index (χ1) is 33.3. The predicted molar refractivity (Wildman–Crippen MR) is 241 cm³/mol. The van der Waals surface area contributed by atoms with Crippen molar-refractivity contribution >= 4 is 57.7 Å². The number of phenols is 10. The number of amides is 4. The molecule has 0 aliphatic heterocycles. The molecule has 360 valence electrons. The minimum atomic E-state index is -0.796. The van der Waals surface area contributed by atoms with Gasteiger partial charge in [-0.15, -0.1) is 0 Å². The lowest BCUT2D eigenvalue weighted by molar-refractivity contribution is -0.117. The fourth-order valence-electron chi connectivity index (χ4n) is 6.06. The number of aromatic hydroxyl groups is 10. The molecule has 0 saturated heterocycles. The Hall–Kier alpha value is -10.4. The smallest absolute Gasteiger partial charge is 0.261 e. The van der Waals surface area contributed by atoms with Crippen molar-refractivity contribution in [3.8, 4) is 69.6 Å². The molecular formula is C46H40N8O16. The fraction of sp³-hybridized carbons (Fsp3) is 0.130. The maximum Gasteiger partial charge on any atom is 0.261 e. The SMILES string of the molecule is N#C/C(=C\c1ccc(O)c(O)c1O)C(=O)NCCCNC(=O)/C(C#N)=C/c1ccc(O)c(O)c1O.N=c1oc2c(O)c(O)ccc2cc1C(=O)NCCCNC(=O)c1cc2ccc(O)c(O)c2oc1=N. The van der Waals surface area contributed by atoms with Crippen molar-refractivity contribution in [3.63, 3.8) is 0 Å². The van der Waals surface area contributed by atoms with Crippen molar-refractivity contribution < 1.29 is 79.1 Å². The normalized spacial score (nSPS) is 11.1. The van der Waals surface area contributed by atoms with Crippen LogP contribution in [0, 0.1) is 33.5 Å². The van der Waals surface area contributed by atoms with Crippen LogP contribution in [-0.4, -0.2) is 101 Å². The largest absolute Gasteiger partial charge is 0.504 e. The maximum atomic E-state index is 12.4. The zero-order valence-corrected chi connectivity index (χ0v) is 36.0. The first kappa shape index (κ1) is 50.6. The fourth-order valence-corrected chi connectivity index (χ4v) is 6.06. The van der Waals surface area contributed by atoms with E-state index in [0.717, 1.165) is 24.3 Å². The molecule has 24 heteroatoms. The highest BCUT2D eigenvalue weighted by Gasteiger charge is 2.19. The molecule has 16 N–H and O–H groups in total. The molecular weight excluding hydrogens is 921 g/mol. The van der Waals surface area contributed by atoms with Crippen molar-refractivity contribution in [1.29, 1.82) is 21.3 Å². The highest BCUT2D eigenvalue weighted by atomic mass is 16.4. The van der Waals surface area contributed by atoms with E-state index in [9.17, 15) is 80.8 Å². The molecule has 0 unspecified atom stereocenters. The highest BCUT2D eigenvalue weighted by molar-refractivity contribution is 6.03. The van der Waals surface area contributed by atoms with E-state index in [0.29, 0.717) is 17.2 Å². The van der Waals surface area contributed by atoms with Crippen molar-refractivity contribution in [2.24, 2.45) is 0 Å². The number of phenolic OH excluding ortho intramolecular Hbond substituents is 10. The summed E-state index contributed by atoms with van der Waals surface area (Å²) in [6.45, 7) is 0.368. The van der Waals surface area contributed by atoms with Crippen LogP contribution in [0.25, 0.3) is 34.1 Å². The lowest BCUT2D eigenvalue weighted by atomic mass is 10.1. The van der Waals surface area contributed by atoms with Gasteiger partial charge in [0.2, 0.25) is 34.1 Å². The monoisotopic (exact) mass is 960 g/mol. The van der Waals surface area contributed by atoms with Crippen molar-refractivity contribution in [2.45, 2.75) is 12.8 Å². The second-order valence-corrected chi connectivity index (χ2v) is 14.5. The predicted octanol–water partition coefficient (Wildman–Crippen LogP) is 2.57. The van der Waals surface area contributed by atoms with Crippen LogP contribution in [0.4, 0.5) is 0 Å². The van der Waals surface area contributed by atoms with Gasteiger partial charge in [0.1, 0.15) is 34.4 Å². The van der Waals surface area contributed by atoms with Crippen LogP contribution in [0.3, 0.4) is 0 Å². The summed E-state index contributed by atoms with van der Waals surface area (Å²) < 4.78 is 10.3. The zero-order chi connectivity index (χ0) is 51.4. The number of nitrogens with one attached hydrogen (secondary N) is 6. The van der Waals surface area contributed by atoms with E-state index in [1.807, 2.05) is 0 Å². The molecule has 0 bridgehead atoms. The Balaban J connectivity index is 0.000000261. The Kier molecular flexibility index (Phi) is 16.1. The molecule has 0 spiro atoms. The van der Waals surface area contributed by atoms with Crippen molar-refractivity contribution in [3.05, 3.63) is 105 Å². The third-order valence-electron chi connectivity index (χ3n) is 9.77. The lowest BCUT2D eigenvalue weighted by Gasteiger charge is -2.09. The molecule has 6 rings (SSSR count). The topological polar surface area (TPSA) is 440 Å². The third-order valence-corrected chi connectivity index (χ3v) is 9.77. The number of fused-ring (bicyclic) bond motifs is 2. The van der Waals surface area contributed by atoms with E-state index in [4.69, 9.17) is 19.7 Å². The molecule has 0 fully saturated rings. The molecule has 0 aliphatic rings. The molecule has 4 amide bonds. The van der Waals surface area contributed by atoms with Crippen LogP contribution >= 0.6 is 0 Å². The van der Waals surface area contributed by atoms with Crippen LogP contribution in [0.15, 0.2) is 80.6 Å². The quantitative estimate of drug-likeness (QED) is 0.0323. The summed E-state index contributed by atoms with van der Waals surface area (Å²) in [4.78, 5) is 49.2. The number of rotatable bonds is 14.